The van der Waals surface area contributed by atoms with Gasteiger partial charge in [0.25, 0.3) is 0 Å². The molecule has 6 nitrogen and oxygen atoms in total. The van der Waals surface area contributed by atoms with Crippen molar-refractivity contribution in [2.24, 2.45) is 0 Å². The van der Waals surface area contributed by atoms with E-state index in [0.29, 0.717) is 23.8 Å². The molecule has 0 radical (unpaired) electrons. The number of nitrogens with zero attached hydrogens (tertiary/aromatic N) is 3. The van der Waals surface area contributed by atoms with E-state index in [2.05, 4.69) is 9.97 Å². The van der Waals surface area contributed by atoms with Gasteiger partial charge in [0.2, 0.25) is 0 Å². The number of rotatable bonds is 4. The second-order valence-corrected chi connectivity index (χ2v) is 3.69. The van der Waals surface area contributed by atoms with Crippen molar-refractivity contribution in [3.8, 4) is 0 Å². The second-order valence-electron chi connectivity index (χ2n) is 3.69. The van der Waals surface area contributed by atoms with Crippen LogP contribution in [0.2, 0.25) is 0 Å². The van der Waals surface area contributed by atoms with Crippen molar-refractivity contribution in [3.63, 3.8) is 0 Å². The molecule has 6 heteroatoms. The van der Waals surface area contributed by atoms with E-state index >= 15 is 0 Å². The van der Waals surface area contributed by atoms with Gasteiger partial charge in [0, 0.05) is 25.1 Å². The van der Waals surface area contributed by atoms with Crippen LogP contribution in [0, 0.1) is 0 Å². The molecule has 18 heavy (non-hydrogen) atoms. The van der Waals surface area contributed by atoms with Crippen LogP contribution < -0.4 is 5.73 Å². The predicted molar refractivity (Wildman–Crippen MR) is 65.7 cm³/mol. The molecular weight excluding hydrogens is 232 g/mol. The van der Waals surface area contributed by atoms with Gasteiger partial charge in [-0.3, -0.25) is 0 Å². The Morgan fingerprint density at radius 2 is 2.17 bits per heavy atom. The van der Waals surface area contributed by atoms with Gasteiger partial charge in [-0.05, 0) is 19.1 Å². The topological polar surface area (TPSA) is 83.0 Å². The number of aromatic nitrogens is 3. The number of aryl methyl sites for hydroxylation is 1. The Hall–Kier alpha value is -2.37. The molecule has 0 unspecified atom stereocenters. The van der Waals surface area contributed by atoms with E-state index in [1.165, 1.54) is 0 Å². The van der Waals surface area contributed by atoms with Crippen molar-refractivity contribution >= 4 is 11.7 Å². The number of esters is 1. The van der Waals surface area contributed by atoms with Gasteiger partial charge in [-0.25, -0.2) is 14.8 Å². The third-order valence-corrected chi connectivity index (χ3v) is 2.42. The van der Waals surface area contributed by atoms with Gasteiger partial charge in [-0.2, -0.15) is 0 Å². The Bertz CT molecular complexity index is 536. The van der Waals surface area contributed by atoms with Gasteiger partial charge in [0.1, 0.15) is 5.69 Å². The monoisotopic (exact) mass is 246 g/mol. The maximum absolute atomic E-state index is 11.9. The molecule has 2 rings (SSSR count). The fraction of sp³-hybridized carbons (Fsp3) is 0.250. The first-order valence-electron chi connectivity index (χ1n) is 5.59. The molecule has 0 aliphatic heterocycles. The minimum atomic E-state index is -0.430. The first kappa shape index (κ1) is 12.1. The van der Waals surface area contributed by atoms with Crippen LogP contribution in [0.1, 0.15) is 23.2 Å². The maximum atomic E-state index is 11.9. The van der Waals surface area contributed by atoms with Crippen LogP contribution in [0.15, 0.2) is 30.7 Å². The van der Waals surface area contributed by atoms with Gasteiger partial charge in [-0.15, -0.1) is 0 Å². The van der Waals surface area contributed by atoms with Crippen LogP contribution in [-0.2, 0) is 17.9 Å². The van der Waals surface area contributed by atoms with Gasteiger partial charge < -0.3 is 15.0 Å². The van der Waals surface area contributed by atoms with Crippen molar-refractivity contribution < 1.29 is 9.53 Å². The lowest BCUT2D eigenvalue weighted by Gasteiger charge is -2.06. The molecule has 2 aromatic heterocycles. The normalized spacial score (nSPS) is 10.3. The smallest absolute Gasteiger partial charge is 0.355 e. The fourth-order valence-electron chi connectivity index (χ4n) is 1.57. The minimum Gasteiger partial charge on any atom is -0.453 e. The zero-order chi connectivity index (χ0) is 13.0. The van der Waals surface area contributed by atoms with E-state index in [0.717, 1.165) is 0 Å². The first-order valence-corrected chi connectivity index (χ1v) is 5.59. The highest BCUT2D eigenvalue weighted by Crippen LogP contribution is 2.12. The quantitative estimate of drug-likeness (QED) is 0.820. The summed E-state index contributed by atoms with van der Waals surface area (Å²) in [4.78, 5) is 19.8. The van der Waals surface area contributed by atoms with Gasteiger partial charge in [0.15, 0.2) is 12.4 Å². The van der Waals surface area contributed by atoms with Gasteiger partial charge >= 0.3 is 5.97 Å². The van der Waals surface area contributed by atoms with E-state index in [4.69, 9.17) is 10.5 Å². The molecule has 0 aromatic carbocycles. The molecule has 0 spiro atoms. The largest absolute Gasteiger partial charge is 0.453 e. The van der Waals surface area contributed by atoms with E-state index in [-0.39, 0.29) is 6.61 Å². The summed E-state index contributed by atoms with van der Waals surface area (Å²) in [5.74, 6) is 0.0365. The molecule has 0 fully saturated rings. The number of carbonyl (C=O) groups excluding carboxylic acids is 1. The third kappa shape index (κ3) is 2.65. The zero-order valence-corrected chi connectivity index (χ0v) is 10.0. The lowest BCUT2D eigenvalue weighted by molar-refractivity contribution is 0.0449. The Morgan fingerprint density at radius 1 is 1.44 bits per heavy atom. The number of carbonyl (C=O) groups is 1. The van der Waals surface area contributed by atoms with E-state index in [9.17, 15) is 4.79 Å². The van der Waals surface area contributed by atoms with E-state index < -0.39 is 5.97 Å². The summed E-state index contributed by atoms with van der Waals surface area (Å²) in [6.07, 6.45) is 4.90. The number of nitrogens with two attached hydrogens (primary N) is 1. The summed E-state index contributed by atoms with van der Waals surface area (Å²) in [7, 11) is 0. The highest BCUT2D eigenvalue weighted by atomic mass is 16.5. The molecule has 0 aliphatic carbocycles. The molecule has 2 N–H and O–H groups in total. The summed E-state index contributed by atoms with van der Waals surface area (Å²) < 4.78 is 6.87. The molecule has 0 atom stereocenters. The summed E-state index contributed by atoms with van der Waals surface area (Å²) in [5.41, 5.74) is 6.62. The predicted octanol–water partition coefficient (Wildman–Crippen LogP) is 1.24. The maximum Gasteiger partial charge on any atom is 0.355 e. The van der Waals surface area contributed by atoms with Crippen molar-refractivity contribution in [2.45, 2.75) is 20.1 Å². The molecule has 0 saturated carbocycles. The molecule has 0 bridgehead atoms. The van der Waals surface area contributed by atoms with Crippen LogP contribution in [-0.4, -0.2) is 20.5 Å². The van der Waals surface area contributed by atoms with Crippen molar-refractivity contribution in [2.75, 3.05) is 5.73 Å². The van der Waals surface area contributed by atoms with Crippen molar-refractivity contribution in [1.82, 2.24) is 14.5 Å². The first-order chi connectivity index (χ1) is 8.70. The van der Waals surface area contributed by atoms with Crippen LogP contribution in [0.5, 0.6) is 0 Å². The van der Waals surface area contributed by atoms with E-state index in [1.54, 1.807) is 35.3 Å². The SMILES string of the molecule is CCn1cc(N)cc1C(=O)OCc1ncccn1. The van der Waals surface area contributed by atoms with E-state index in [1.807, 2.05) is 6.92 Å². The Kier molecular flexibility index (Phi) is 3.57. The Labute approximate surface area is 104 Å². The minimum absolute atomic E-state index is 0.0501. The Balaban J connectivity index is 2.04. The summed E-state index contributed by atoms with van der Waals surface area (Å²) in [6, 6.07) is 3.30. The summed E-state index contributed by atoms with van der Waals surface area (Å²) in [6.45, 7) is 2.63. The number of anilines is 1. The van der Waals surface area contributed by atoms with Crippen molar-refractivity contribution in [3.05, 3.63) is 42.2 Å². The standard InChI is InChI=1S/C12H14N4O2/c1-2-16-7-9(13)6-10(16)12(17)18-8-11-14-4-3-5-15-11/h3-7H,2,8,13H2,1H3. The highest BCUT2D eigenvalue weighted by molar-refractivity contribution is 5.89. The van der Waals surface area contributed by atoms with Crippen molar-refractivity contribution in [1.29, 1.82) is 0 Å². The number of hydrogen-bond donors (Lipinski definition) is 1. The molecule has 2 heterocycles. The van der Waals surface area contributed by atoms with Crippen LogP contribution in [0.3, 0.4) is 0 Å². The number of nitrogen functional groups attached to an aromatic ring is 1. The van der Waals surface area contributed by atoms with Gasteiger partial charge in [-0.1, -0.05) is 0 Å². The van der Waals surface area contributed by atoms with Crippen LogP contribution in [0.25, 0.3) is 0 Å². The number of ether oxygens (including phenoxy) is 1. The summed E-state index contributed by atoms with van der Waals surface area (Å²) >= 11 is 0. The average molecular weight is 246 g/mol. The van der Waals surface area contributed by atoms with Gasteiger partial charge in [0.05, 0.1) is 5.69 Å². The lowest BCUT2D eigenvalue weighted by Crippen LogP contribution is -2.12. The molecule has 94 valence electrons. The highest BCUT2D eigenvalue weighted by Gasteiger charge is 2.14. The molecule has 0 amide bonds. The number of hydrogen-bond acceptors (Lipinski definition) is 5. The van der Waals surface area contributed by atoms with Crippen LogP contribution >= 0.6 is 0 Å². The fourth-order valence-corrected chi connectivity index (χ4v) is 1.57. The van der Waals surface area contributed by atoms with Crippen LogP contribution in [0.4, 0.5) is 5.69 Å². The molecule has 0 saturated heterocycles. The molecular formula is C12H14N4O2. The molecule has 0 aliphatic rings. The Morgan fingerprint density at radius 3 is 2.83 bits per heavy atom. The zero-order valence-electron chi connectivity index (χ0n) is 10.0. The third-order valence-electron chi connectivity index (χ3n) is 2.42. The average Bonchev–Trinajstić information content (AvgIpc) is 2.78. The second kappa shape index (κ2) is 5.31. The summed E-state index contributed by atoms with van der Waals surface area (Å²) in [5, 5.41) is 0. The lowest BCUT2D eigenvalue weighted by atomic mass is 10.4. The molecule has 2 aromatic rings.